The van der Waals surface area contributed by atoms with Crippen molar-refractivity contribution in [3.8, 4) is 0 Å². The van der Waals surface area contributed by atoms with E-state index in [1.807, 2.05) is 0 Å². The molecule has 0 saturated carbocycles. The summed E-state index contributed by atoms with van der Waals surface area (Å²) in [5.41, 5.74) is -0.422. The topological polar surface area (TPSA) is 18.5 Å². The van der Waals surface area contributed by atoms with Crippen molar-refractivity contribution in [1.82, 2.24) is 0 Å². The van der Waals surface area contributed by atoms with Gasteiger partial charge in [0.25, 0.3) is 0 Å². The molecule has 1 aromatic heterocycles. The predicted octanol–water partition coefficient (Wildman–Crippen LogP) is 1.04. The van der Waals surface area contributed by atoms with Crippen molar-refractivity contribution in [3.05, 3.63) is 17.1 Å². The number of hydrogen-bond acceptors (Lipinski definition) is 2. The molecule has 0 spiro atoms. The average molecular weight is 257 g/mol. The maximum absolute atomic E-state index is 5.93. The van der Waals surface area contributed by atoms with E-state index in [0.717, 1.165) is 0 Å². The first kappa shape index (κ1) is 10.5. The van der Waals surface area contributed by atoms with Crippen LogP contribution in [0.2, 0.25) is 0 Å². The molecule has 76 valence electrons. The normalized spacial score (nSPS) is 24.1. The van der Waals surface area contributed by atoms with Crippen LogP contribution in [0.1, 0.15) is 27.7 Å². The Morgan fingerprint density at radius 3 is 2.14 bits per heavy atom. The van der Waals surface area contributed by atoms with E-state index < -0.39 is 0 Å². The molecule has 1 aliphatic heterocycles. The molecule has 2 rings (SSSR count). The maximum atomic E-state index is 5.93. The summed E-state index contributed by atoms with van der Waals surface area (Å²) in [6, 6.07) is 4.20. The Kier molecular flexibility index (Phi) is 2.43. The Morgan fingerprint density at radius 1 is 1.14 bits per heavy atom. The van der Waals surface area contributed by atoms with Crippen LogP contribution in [-0.4, -0.2) is 32.8 Å². The predicted molar refractivity (Wildman–Crippen MR) is 59.1 cm³/mol. The summed E-state index contributed by atoms with van der Waals surface area (Å²) < 4.78 is 13.2. The van der Waals surface area contributed by atoms with Crippen LogP contribution in [0.25, 0.3) is 0 Å². The third kappa shape index (κ3) is 1.61. The van der Waals surface area contributed by atoms with Gasteiger partial charge in [0.2, 0.25) is 0 Å². The molecule has 0 radical (unpaired) electrons. The molecule has 0 unspecified atom stereocenters. The molecule has 0 atom stereocenters. The van der Waals surface area contributed by atoms with E-state index in [1.165, 1.54) is 4.34 Å². The first-order chi connectivity index (χ1) is 6.42. The Bertz CT molecular complexity index is 303. The van der Waals surface area contributed by atoms with Gasteiger partial charge >= 0.3 is 91.2 Å². The SMILES string of the molecule is CC1(C)OB(c2ccc[se]2)OC1(C)C. The van der Waals surface area contributed by atoms with Crippen LogP contribution < -0.4 is 4.34 Å². The van der Waals surface area contributed by atoms with Crippen LogP contribution in [0, 0.1) is 0 Å². The van der Waals surface area contributed by atoms with Crippen LogP contribution in [0.15, 0.2) is 17.1 Å². The van der Waals surface area contributed by atoms with Crippen LogP contribution in [0.3, 0.4) is 0 Å². The Labute approximate surface area is 91.5 Å². The molecule has 2 heterocycles. The van der Waals surface area contributed by atoms with Gasteiger partial charge in [0, 0.05) is 0 Å². The molecule has 1 saturated heterocycles. The standard InChI is InChI=1S/C10H15BO2Se/c1-9(2)10(3,4)13-11(12-9)8-6-5-7-14-8/h5-7H,1-4H3. The van der Waals surface area contributed by atoms with Gasteiger partial charge in [0.05, 0.1) is 0 Å². The second-order valence-electron chi connectivity index (χ2n) is 4.60. The van der Waals surface area contributed by atoms with Crippen molar-refractivity contribution in [2.45, 2.75) is 38.9 Å². The summed E-state index contributed by atoms with van der Waals surface area (Å²) >= 11 is 0.418. The molecular weight excluding hydrogens is 242 g/mol. The van der Waals surface area contributed by atoms with Crippen molar-refractivity contribution in [2.24, 2.45) is 0 Å². The molecule has 1 aliphatic rings. The molecule has 0 aliphatic carbocycles. The summed E-state index contributed by atoms with van der Waals surface area (Å²) in [4.78, 5) is 2.19. The number of rotatable bonds is 1. The second-order valence-corrected chi connectivity index (χ2v) is 6.66. The molecule has 0 N–H and O–H groups in total. The van der Waals surface area contributed by atoms with E-state index in [9.17, 15) is 0 Å². The van der Waals surface area contributed by atoms with E-state index >= 15 is 0 Å². The summed E-state index contributed by atoms with van der Waals surface area (Å²) in [5.74, 6) is 0. The second kappa shape index (κ2) is 3.24. The zero-order valence-electron chi connectivity index (χ0n) is 9.03. The van der Waals surface area contributed by atoms with Gasteiger partial charge in [0.1, 0.15) is 0 Å². The quantitative estimate of drug-likeness (QED) is 0.700. The van der Waals surface area contributed by atoms with Crippen LogP contribution >= 0.6 is 0 Å². The van der Waals surface area contributed by atoms with Gasteiger partial charge < -0.3 is 0 Å². The van der Waals surface area contributed by atoms with Gasteiger partial charge in [-0.25, -0.2) is 0 Å². The van der Waals surface area contributed by atoms with Gasteiger partial charge in [0.15, 0.2) is 0 Å². The van der Waals surface area contributed by atoms with E-state index in [1.54, 1.807) is 0 Å². The zero-order chi connectivity index (χ0) is 10.4. The zero-order valence-corrected chi connectivity index (χ0v) is 10.7. The molecule has 0 aromatic carbocycles. The Hall–Kier alpha value is -0.0156. The average Bonchev–Trinajstić information content (AvgIpc) is 2.58. The van der Waals surface area contributed by atoms with Crippen LogP contribution in [0.4, 0.5) is 0 Å². The van der Waals surface area contributed by atoms with Crippen LogP contribution in [-0.2, 0) is 9.31 Å². The first-order valence-corrected chi connectivity index (χ1v) is 6.66. The van der Waals surface area contributed by atoms with Gasteiger partial charge in [-0.15, -0.1) is 0 Å². The minimum atomic E-state index is -0.211. The third-order valence-electron chi connectivity index (χ3n) is 3.03. The van der Waals surface area contributed by atoms with E-state index in [2.05, 4.69) is 44.8 Å². The van der Waals surface area contributed by atoms with Gasteiger partial charge in [-0.3, -0.25) is 0 Å². The van der Waals surface area contributed by atoms with E-state index in [0.29, 0.717) is 14.5 Å². The summed E-state index contributed by atoms with van der Waals surface area (Å²) in [7, 11) is -0.130. The van der Waals surface area contributed by atoms with Crippen molar-refractivity contribution in [3.63, 3.8) is 0 Å². The van der Waals surface area contributed by atoms with E-state index in [4.69, 9.17) is 9.31 Å². The monoisotopic (exact) mass is 258 g/mol. The van der Waals surface area contributed by atoms with Crippen molar-refractivity contribution in [2.75, 3.05) is 0 Å². The molecular formula is C10H15BO2Se. The summed E-state index contributed by atoms with van der Waals surface area (Å²) in [6.07, 6.45) is 0. The fraction of sp³-hybridized carbons (Fsp3) is 0.600. The molecule has 0 bridgehead atoms. The first-order valence-electron chi connectivity index (χ1n) is 4.81. The third-order valence-corrected chi connectivity index (χ3v) is 4.90. The molecule has 1 aromatic rings. The fourth-order valence-electron chi connectivity index (χ4n) is 1.38. The minimum absolute atomic E-state index is 0.130. The van der Waals surface area contributed by atoms with Crippen molar-refractivity contribution >= 4 is 26.0 Å². The van der Waals surface area contributed by atoms with E-state index in [-0.39, 0.29) is 18.3 Å². The fourth-order valence-corrected chi connectivity index (χ4v) is 2.81. The summed E-state index contributed by atoms with van der Waals surface area (Å²) in [5, 5.41) is 0. The van der Waals surface area contributed by atoms with Gasteiger partial charge in [-0.1, -0.05) is 0 Å². The van der Waals surface area contributed by atoms with Crippen molar-refractivity contribution in [1.29, 1.82) is 0 Å². The molecule has 2 nitrogen and oxygen atoms in total. The molecule has 0 amide bonds. The van der Waals surface area contributed by atoms with Gasteiger partial charge in [-0.2, -0.15) is 0 Å². The Balaban J connectivity index is 2.22. The van der Waals surface area contributed by atoms with Crippen molar-refractivity contribution < 1.29 is 9.31 Å². The molecule has 1 fully saturated rings. The van der Waals surface area contributed by atoms with Crippen LogP contribution in [0.5, 0.6) is 0 Å². The summed E-state index contributed by atoms with van der Waals surface area (Å²) in [6.45, 7) is 8.35. The molecule has 14 heavy (non-hydrogen) atoms. The molecule has 4 heteroatoms. The Morgan fingerprint density at radius 2 is 1.71 bits per heavy atom. The van der Waals surface area contributed by atoms with Gasteiger partial charge in [-0.05, 0) is 0 Å². The number of hydrogen-bond donors (Lipinski definition) is 0.